The molecule has 0 bridgehead atoms. The maximum absolute atomic E-state index is 10.9. The van der Waals surface area contributed by atoms with Gasteiger partial charge in [0.05, 0.1) is 5.54 Å². The summed E-state index contributed by atoms with van der Waals surface area (Å²) in [6.07, 6.45) is 0.971. The first-order valence-corrected chi connectivity index (χ1v) is 4.72. The molecule has 1 aliphatic heterocycles. The fraction of sp³-hybridized carbons (Fsp3) is 0.889. The third-order valence-electron chi connectivity index (χ3n) is 2.89. The maximum Gasteiger partial charge on any atom is 0.141 e. The van der Waals surface area contributed by atoms with Gasteiger partial charge in [-0.3, -0.25) is 4.90 Å². The number of hydrogen-bond acceptors (Lipinski definition) is 4. The van der Waals surface area contributed by atoms with Crippen LogP contribution in [0.25, 0.3) is 0 Å². The zero-order valence-electron chi connectivity index (χ0n) is 8.49. The Morgan fingerprint density at radius 2 is 1.92 bits per heavy atom. The third kappa shape index (κ3) is 2.27. The molecule has 76 valence electrons. The number of aldehydes is 1. The molecule has 0 unspecified atom stereocenters. The van der Waals surface area contributed by atoms with Gasteiger partial charge in [-0.1, -0.05) is 0 Å². The molecule has 0 amide bonds. The van der Waals surface area contributed by atoms with Crippen molar-refractivity contribution in [3.05, 3.63) is 0 Å². The molecule has 1 fully saturated rings. The molecule has 0 aromatic rings. The summed E-state index contributed by atoms with van der Waals surface area (Å²) in [5, 5.41) is 0. The monoisotopic (exact) mass is 185 g/mol. The average molecular weight is 185 g/mol. The van der Waals surface area contributed by atoms with E-state index in [4.69, 9.17) is 5.73 Å². The number of rotatable bonds is 3. The number of nitrogens with zero attached hydrogens (tertiary/aromatic N) is 2. The van der Waals surface area contributed by atoms with Crippen LogP contribution in [-0.2, 0) is 4.79 Å². The van der Waals surface area contributed by atoms with E-state index >= 15 is 0 Å². The minimum Gasteiger partial charge on any atom is -0.328 e. The van der Waals surface area contributed by atoms with E-state index < -0.39 is 5.54 Å². The second kappa shape index (κ2) is 4.17. The van der Waals surface area contributed by atoms with Crippen molar-refractivity contribution in [2.75, 3.05) is 39.8 Å². The number of piperazine rings is 1. The molecule has 2 N–H and O–H groups in total. The van der Waals surface area contributed by atoms with E-state index in [0.717, 1.165) is 32.5 Å². The summed E-state index contributed by atoms with van der Waals surface area (Å²) >= 11 is 0. The van der Waals surface area contributed by atoms with E-state index in [2.05, 4.69) is 16.8 Å². The maximum atomic E-state index is 10.9. The van der Waals surface area contributed by atoms with E-state index in [1.807, 2.05) is 6.92 Å². The van der Waals surface area contributed by atoms with Crippen molar-refractivity contribution >= 4 is 6.29 Å². The lowest BCUT2D eigenvalue weighted by molar-refractivity contribution is -0.118. The molecule has 13 heavy (non-hydrogen) atoms. The molecule has 4 heteroatoms. The van der Waals surface area contributed by atoms with Crippen LogP contribution in [0.5, 0.6) is 0 Å². The van der Waals surface area contributed by atoms with Crippen LogP contribution >= 0.6 is 0 Å². The SMILES string of the molecule is CN1CCN([C@](C)(C=O)CN)CC1. The van der Waals surface area contributed by atoms with Crippen molar-refractivity contribution in [2.24, 2.45) is 5.73 Å². The molecule has 1 heterocycles. The second-order valence-electron chi connectivity index (χ2n) is 3.97. The normalized spacial score (nSPS) is 25.5. The van der Waals surface area contributed by atoms with Crippen LogP contribution in [0.15, 0.2) is 0 Å². The topological polar surface area (TPSA) is 49.6 Å². The van der Waals surface area contributed by atoms with Crippen LogP contribution in [-0.4, -0.2) is 61.4 Å². The minimum atomic E-state index is -0.457. The van der Waals surface area contributed by atoms with Crippen LogP contribution in [0.4, 0.5) is 0 Å². The number of hydrogen-bond donors (Lipinski definition) is 1. The Bertz CT molecular complexity index is 178. The lowest BCUT2D eigenvalue weighted by Crippen LogP contribution is -2.59. The van der Waals surface area contributed by atoms with Gasteiger partial charge in [-0.05, 0) is 14.0 Å². The van der Waals surface area contributed by atoms with Gasteiger partial charge in [0.15, 0.2) is 0 Å². The highest BCUT2D eigenvalue weighted by molar-refractivity contribution is 5.64. The van der Waals surface area contributed by atoms with Crippen molar-refractivity contribution in [2.45, 2.75) is 12.5 Å². The molecule has 0 spiro atoms. The van der Waals surface area contributed by atoms with Gasteiger partial charge >= 0.3 is 0 Å². The number of carbonyl (C=O) groups is 1. The predicted molar refractivity (Wildman–Crippen MR) is 52.6 cm³/mol. The Kier molecular flexibility index (Phi) is 3.41. The first-order valence-electron chi connectivity index (χ1n) is 4.72. The molecular formula is C9H19N3O. The molecule has 0 aromatic carbocycles. The lowest BCUT2D eigenvalue weighted by atomic mass is 10.0. The number of likely N-dealkylation sites (N-methyl/N-ethyl adjacent to an activating group) is 1. The zero-order valence-corrected chi connectivity index (χ0v) is 8.49. The largest absolute Gasteiger partial charge is 0.328 e. The summed E-state index contributed by atoms with van der Waals surface area (Å²) in [5.41, 5.74) is 5.14. The lowest BCUT2D eigenvalue weighted by Gasteiger charge is -2.41. The molecule has 1 aliphatic rings. The second-order valence-corrected chi connectivity index (χ2v) is 3.97. The van der Waals surface area contributed by atoms with Gasteiger partial charge in [-0.25, -0.2) is 0 Å². The fourth-order valence-electron chi connectivity index (χ4n) is 1.57. The number of nitrogens with two attached hydrogens (primary N) is 1. The Balaban J connectivity index is 2.56. The van der Waals surface area contributed by atoms with Crippen LogP contribution in [0.3, 0.4) is 0 Å². The number of carbonyl (C=O) groups excluding carboxylic acids is 1. The molecule has 1 saturated heterocycles. The highest BCUT2D eigenvalue weighted by Gasteiger charge is 2.31. The quantitative estimate of drug-likeness (QED) is 0.582. The van der Waals surface area contributed by atoms with Crippen LogP contribution in [0, 0.1) is 0 Å². The van der Waals surface area contributed by atoms with Crippen LogP contribution in [0.2, 0.25) is 0 Å². The fourth-order valence-corrected chi connectivity index (χ4v) is 1.57. The first kappa shape index (κ1) is 10.6. The van der Waals surface area contributed by atoms with Crippen molar-refractivity contribution in [1.82, 2.24) is 9.80 Å². The van der Waals surface area contributed by atoms with E-state index in [1.165, 1.54) is 0 Å². The highest BCUT2D eigenvalue weighted by atomic mass is 16.1. The van der Waals surface area contributed by atoms with Gasteiger partial charge in [0.1, 0.15) is 6.29 Å². The van der Waals surface area contributed by atoms with Crippen LogP contribution in [0.1, 0.15) is 6.92 Å². The van der Waals surface area contributed by atoms with Crippen LogP contribution < -0.4 is 5.73 Å². The van der Waals surface area contributed by atoms with Gasteiger partial charge in [0, 0.05) is 32.7 Å². The summed E-state index contributed by atoms with van der Waals surface area (Å²) in [4.78, 5) is 15.3. The molecule has 4 nitrogen and oxygen atoms in total. The third-order valence-corrected chi connectivity index (χ3v) is 2.89. The zero-order chi connectivity index (χ0) is 9.90. The van der Waals surface area contributed by atoms with Crippen molar-refractivity contribution in [3.63, 3.8) is 0 Å². The first-order chi connectivity index (χ1) is 6.12. The Labute approximate surface area is 79.7 Å². The average Bonchev–Trinajstić information content (AvgIpc) is 2.18. The summed E-state index contributed by atoms with van der Waals surface area (Å²) < 4.78 is 0. The van der Waals surface area contributed by atoms with Gasteiger partial charge < -0.3 is 15.4 Å². The molecule has 0 aromatic heterocycles. The molecular weight excluding hydrogens is 166 g/mol. The summed E-state index contributed by atoms with van der Waals surface area (Å²) in [7, 11) is 2.10. The van der Waals surface area contributed by atoms with Crippen molar-refractivity contribution < 1.29 is 4.79 Å². The summed E-state index contributed by atoms with van der Waals surface area (Å²) in [6.45, 7) is 6.21. The van der Waals surface area contributed by atoms with Crippen molar-refractivity contribution in [1.29, 1.82) is 0 Å². The van der Waals surface area contributed by atoms with E-state index in [1.54, 1.807) is 0 Å². The smallest absolute Gasteiger partial charge is 0.141 e. The molecule has 0 saturated carbocycles. The Morgan fingerprint density at radius 1 is 1.38 bits per heavy atom. The molecule has 1 rings (SSSR count). The standard InChI is InChI=1S/C9H19N3O/c1-9(7-10,8-13)12-5-3-11(2)4-6-12/h8H,3-7,10H2,1-2H3/t9-/m0/s1. The highest BCUT2D eigenvalue weighted by Crippen LogP contribution is 2.13. The van der Waals surface area contributed by atoms with E-state index in [9.17, 15) is 4.79 Å². The van der Waals surface area contributed by atoms with E-state index in [0.29, 0.717) is 6.54 Å². The summed E-state index contributed by atoms with van der Waals surface area (Å²) in [5.74, 6) is 0. The van der Waals surface area contributed by atoms with Gasteiger partial charge in [0.25, 0.3) is 0 Å². The Hall–Kier alpha value is -0.450. The predicted octanol–water partition coefficient (Wildman–Crippen LogP) is -0.850. The van der Waals surface area contributed by atoms with Gasteiger partial charge in [-0.15, -0.1) is 0 Å². The molecule has 1 atom stereocenters. The molecule has 0 radical (unpaired) electrons. The summed E-state index contributed by atoms with van der Waals surface area (Å²) in [6, 6.07) is 0. The van der Waals surface area contributed by atoms with Crippen molar-refractivity contribution in [3.8, 4) is 0 Å². The molecule has 0 aliphatic carbocycles. The van der Waals surface area contributed by atoms with Gasteiger partial charge in [0.2, 0.25) is 0 Å². The minimum absolute atomic E-state index is 0.403. The Morgan fingerprint density at radius 3 is 2.31 bits per heavy atom. The van der Waals surface area contributed by atoms with Gasteiger partial charge in [-0.2, -0.15) is 0 Å². The van der Waals surface area contributed by atoms with E-state index in [-0.39, 0.29) is 0 Å².